The molecular formula is C15H17N2O2P. The van der Waals surface area contributed by atoms with Gasteiger partial charge in [0.2, 0.25) is 0 Å². The fraction of sp³-hybridized carbons (Fsp3) is 0.200. The van der Waals surface area contributed by atoms with E-state index in [0.717, 1.165) is 11.0 Å². The van der Waals surface area contributed by atoms with Gasteiger partial charge >= 0.3 is 0 Å². The van der Waals surface area contributed by atoms with Gasteiger partial charge in [0.1, 0.15) is 7.14 Å². The summed E-state index contributed by atoms with van der Waals surface area (Å²) in [5, 5.41) is 3.54. The maximum absolute atomic E-state index is 12.1. The van der Waals surface area contributed by atoms with Gasteiger partial charge in [0.05, 0.1) is 11.9 Å². The Bertz CT molecular complexity index is 657. The summed E-state index contributed by atoms with van der Waals surface area (Å²) in [6.45, 7) is 5.30. The van der Waals surface area contributed by atoms with Crippen LogP contribution in [0, 0.1) is 6.92 Å². The smallest absolute Gasteiger partial charge is 0.255 e. The first-order chi connectivity index (χ1) is 9.36. The number of benzene rings is 1. The van der Waals surface area contributed by atoms with Crippen molar-refractivity contribution in [2.45, 2.75) is 6.92 Å². The van der Waals surface area contributed by atoms with Crippen LogP contribution in [-0.2, 0) is 4.57 Å². The van der Waals surface area contributed by atoms with E-state index in [1.54, 1.807) is 49.9 Å². The Morgan fingerprint density at radius 1 is 1.10 bits per heavy atom. The van der Waals surface area contributed by atoms with Crippen LogP contribution in [0.3, 0.4) is 0 Å². The second-order valence-electron chi connectivity index (χ2n) is 5.04. The maximum atomic E-state index is 12.1. The van der Waals surface area contributed by atoms with Crippen molar-refractivity contribution in [3.63, 3.8) is 0 Å². The summed E-state index contributed by atoms with van der Waals surface area (Å²) in [5.74, 6) is -0.204. The van der Waals surface area contributed by atoms with Crippen LogP contribution in [0.5, 0.6) is 0 Å². The highest BCUT2D eigenvalue weighted by atomic mass is 31.2. The number of anilines is 1. The molecule has 0 aliphatic carbocycles. The van der Waals surface area contributed by atoms with Crippen LogP contribution in [0.2, 0.25) is 0 Å². The van der Waals surface area contributed by atoms with Crippen molar-refractivity contribution in [1.82, 2.24) is 4.98 Å². The number of rotatable bonds is 3. The highest BCUT2D eigenvalue weighted by Gasteiger charge is 2.12. The number of aromatic nitrogens is 1. The Kier molecular flexibility index (Phi) is 4.05. The Morgan fingerprint density at radius 3 is 2.25 bits per heavy atom. The second kappa shape index (κ2) is 5.59. The molecule has 0 saturated heterocycles. The van der Waals surface area contributed by atoms with Gasteiger partial charge < -0.3 is 9.88 Å². The van der Waals surface area contributed by atoms with Crippen molar-refractivity contribution < 1.29 is 9.36 Å². The van der Waals surface area contributed by atoms with Gasteiger partial charge in [-0.1, -0.05) is 12.1 Å². The van der Waals surface area contributed by atoms with Gasteiger partial charge in [-0.15, -0.1) is 0 Å². The van der Waals surface area contributed by atoms with Gasteiger partial charge in [-0.3, -0.25) is 9.78 Å². The minimum absolute atomic E-state index is 0.204. The molecule has 0 spiro atoms. The van der Waals surface area contributed by atoms with Crippen LogP contribution in [-0.4, -0.2) is 24.2 Å². The third-order valence-electron chi connectivity index (χ3n) is 2.92. The number of hydrogen-bond donors (Lipinski definition) is 1. The first kappa shape index (κ1) is 14.5. The number of amides is 1. The molecule has 0 fully saturated rings. The van der Waals surface area contributed by atoms with Crippen molar-refractivity contribution in [2.75, 3.05) is 18.6 Å². The third-order valence-corrected chi connectivity index (χ3v) is 4.46. The lowest BCUT2D eigenvalue weighted by molar-refractivity contribution is 0.102. The normalized spacial score (nSPS) is 11.2. The third kappa shape index (κ3) is 3.55. The van der Waals surface area contributed by atoms with Gasteiger partial charge in [0.15, 0.2) is 0 Å². The Labute approximate surface area is 118 Å². The molecule has 0 aliphatic rings. The SMILES string of the molecule is Cc1ccc(NC(=O)c2ccc(P(C)(C)=O)cc2)cn1. The van der Waals surface area contributed by atoms with Crippen molar-refractivity contribution in [3.05, 3.63) is 53.9 Å². The van der Waals surface area contributed by atoms with Crippen LogP contribution in [0.25, 0.3) is 0 Å². The predicted molar refractivity (Wildman–Crippen MR) is 82.5 cm³/mol. The highest BCUT2D eigenvalue weighted by Crippen LogP contribution is 2.34. The Hall–Kier alpha value is -1.93. The molecule has 1 amide bonds. The standard InChI is InChI=1S/C15H17N2O2P/c1-11-4-7-13(10-16-11)17-15(18)12-5-8-14(9-6-12)20(2,3)19/h4-10H,1-3H3,(H,17,18). The van der Waals surface area contributed by atoms with E-state index in [2.05, 4.69) is 10.3 Å². The molecule has 0 atom stereocenters. The number of carbonyl (C=O) groups is 1. The summed E-state index contributed by atoms with van der Waals surface area (Å²) in [6.07, 6.45) is 1.62. The van der Waals surface area contributed by atoms with Crippen LogP contribution in [0.15, 0.2) is 42.6 Å². The zero-order valence-corrected chi connectivity index (χ0v) is 12.6. The van der Waals surface area contributed by atoms with E-state index >= 15 is 0 Å². The van der Waals surface area contributed by atoms with E-state index in [4.69, 9.17) is 0 Å². The molecule has 0 unspecified atom stereocenters. The molecule has 104 valence electrons. The molecule has 1 aromatic heterocycles. The molecule has 1 N–H and O–H groups in total. The molecule has 0 bridgehead atoms. The number of carbonyl (C=O) groups excluding carboxylic acids is 1. The summed E-state index contributed by atoms with van der Waals surface area (Å²) in [6, 6.07) is 10.5. The Balaban J connectivity index is 2.13. The van der Waals surface area contributed by atoms with Gasteiger partial charge in [-0.25, -0.2) is 0 Å². The molecule has 2 rings (SSSR count). The monoisotopic (exact) mass is 288 g/mol. The second-order valence-corrected chi connectivity index (χ2v) is 8.26. The lowest BCUT2D eigenvalue weighted by atomic mass is 10.2. The minimum atomic E-state index is -2.28. The van der Waals surface area contributed by atoms with Gasteiger partial charge in [0, 0.05) is 16.6 Å². The summed E-state index contributed by atoms with van der Waals surface area (Å²) in [5.41, 5.74) is 2.08. The average Bonchev–Trinajstić information content (AvgIpc) is 2.40. The number of nitrogens with zero attached hydrogens (tertiary/aromatic N) is 1. The van der Waals surface area contributed by atoms with Crippen LogP contribution in [0.4, 0.5) is 5.69 Å². The fourth-order valence-corrected chi connectivity index (χ4v) is 2.58. The number of hydrogen-bond acceptors (Lipinski definition) is 3. The summed E-state index contributed by atoms with van der Waals surface area (Å²) in [4.78, 5) is 16.2. The van der Waals surface area contributed by atoms with E-state index in [-0.39, 0.29) is 5.91 Å². The van der Waals surface area contributed by atoms with E-state index in [0.29, 0.717) is 11.3 Å². The van der Waals surface area contributed by atoms with Gasteiger partial charge in [-0.05, 0) is 44.5 Å². The van der Waals surface area contributed by atoms with Gasteiger partial charge in [-0.2, -0.15) is 0 Å². The quantitative estimate of drug-likeness (QED) is 0.883. The van der Waals surface area contributed by atoms with E-state index in [1.165, 1.54) is 0 Å². The Morgan fingerprint density at radius 2 is 1.75 bits per heavy atom. The molecule has 2 aromatic rings. The molecule has 5 heteroatoms. The summed E-state index contributed by atoms with van der Waals surface area (Å²) in [7, 11) is -2.28. The number of nitrogens with one attached hydrogen (secondary N) is 1. The lowest BCUT2D eigenvalue weighted by Gasteiger charge is -2.08. The number of pyridine rings is 1. The predicted octanol–water partition coefficient (Wildman–Crippen LogP) is 2.89. The molecule has 20 heavy (non-hydrogen) atoms. The highest BCUT2D eigenvalue weighted by molar-refractivity contribution is 7.70. The average molecular weight is 288 g/mol. The molecule has 4 nitrogen and oxygen atoms in total. The van der Waals surface area contributed by atoms with Crippen molar-refractivity contribution in [3.8, 4) is 0 Å². The first-order valence-corrected chi connectivity index (χ1v) is 8.86. The zero-order valence-electron chi connectivity index (χ0n) is 11.8. The van der Waals surface area contributed by atoms with Crippen LogP contribution in [0.1, 0.15) is 16.1 Å². The summed E-state index contributed by atoms with van der Waals surface area (Å²) < 4.78 is 11.9. The first-order valence-electron chi connectivity index (χ1n) is 6.26. The topological polar surface area (TPSA) is 59.1 Å². The van der Waals surface area contributed by atoms with Crippen molar-refractivity contribution in [1.29, 1.82) is 0 Å². The van der Waals surface area contributed by atoms with E-state index in [1.807, 2.05) is 13.0 Å². The molecule has 1 aromatic carbocycles. The molecule has 0 radical (unpaired) electrons. The number of aryl methyl sites for hydroxylation is 1. The van der Waals surface area contributed by atoms with Crippen molar-refractivity contribution in [2.24, 2.45) is 0 Å². The molecular weight excluding hydrogens is 271 g/mol. The minimum Gasteiger partial charge on any atom is -0.321 e. The van der Waals surface area contributed by atoms with E-state index in [9.17, 15) is 9.36 Å². The largest absolute Gasteiger partial charge is 0.321 e. The maximum Gasteiger partial charge on any atom is 0.255 e. The van der Waals surface area contributed by atoms with Crippen molar-refractivity contribution >= 4 is 24.0 Å². The van der Waals surface area contributed by atoms with Gasteiger partial charge in [0.25, 0.3) is 5.91 Å². The molecule has 1 heterocycles. The zero-order chi connectivity index (χ0) is 14.8. The summed E-state index contributed by atoms with van der Waals surface area (Å²) >= 11 is 0. The van der Waals surface area contributed by atoms with Crippen LogP contribution < -0.4 is 10.6 Å². The van der Waals surface area contributed by atoms with Crippen LogP contribution >= 0.6 is 7.14 Å². The molecule has 0 aliphatic heterocycles. The molecule has 0 saturated carbocycles. The lowest BCUT2D eigenvalue weighted by Crippen LogP contribution is -2.13. The van der Waals surface area contributed by atoms with E-state index < -0.39 is 7.14 Å². The fourth-order valence-electron chi connectivity index (χ4n) is 1.72.